The summed E-state index contributed by atoms with van der Waals surface area (Å²) in [5.41, 5.74) is 1.47. The number of hydrogen-bond donors (Lipinski definition) is 0. The Morgan fingerprint density at radius 3 is 2.55 bits per heavy atom. The molecular formula is C16H24N2O4. The van der Waals surface area contributed by atoms with Gasteiger partial charge < -0.3 is 9.47 Å². The highest BCUT2D eigenvalue weighted by atomic mass is 16.6. The van der Waals surface area contributed by atoms with E-state index < -0.39 is 4.92 Å². The van der Waals surface area contributed by atoms with Crippen molar-refractivity contribution in [2.75, 3.05) is 14.2 Å². The van der Waals surface area contributed by atoms with Gasteiger partial charge >= 0.3 is 0 Å². The summed E-state index contributed by atoms with van der Waals surface area (Å²) >= 11 is 0. The van der Waals surface area contributed by atoms with Crippen LogP contribution in [0.1, 0.15) is 50.8 Å². The van der Waals surface area contributed by atoms with Gasteiger partial charge in [-0.05, 0) is 18.9 Å². The van der Waals surface area contributed by atoms with E-state index in [0.29, 0.717) is 23.7 Å². The van der Waals surface area contributed by atoms with Gasteiger partial charge in [0, 0.05) is 18.1 Å². The van der Waals surface area contributed by atoms with Crippen molar-refractivity contribution in [2.45, 2.75) is 46.0 Å². The Kier molecular flexibility index (Phi) is 7.36. The summed E-state index contributed by atoms with van der Waals surface area (Å²) in [6.45, 7) is 3.88. The van der Waals surface area contributed by atoms with Crippen molar-refractivity contribution in [2.24, 2.45) is 0 Å². The first kappa shape index (κ1) is 17.9. The number of allylic oxidation sites excluding steroid dienone is 1. The minimum Gasteiger partial charge on any atom is -0.494 e. The minimum atomic E-state index is -0.400. The Bertz CT molecular complexity index is 541. The molecule has 0 atom stereocenters. The molecule has 0 amide bonds. The Morgan fingerprint density at radius 1 is 1.32 bits per heavy atom. The predicted octanol–water partition coefficient (Wildman–Crippen LogP) is 3.86. The van der Waals surface area contributed by atoms with E-state index in [-0.39, 0.29) is 5.70 Å². The quantitative estimate of drug-likeness (QED) is 0.393. The molecule has 0 fully saturated rings. The van der Waals surface area contributed by atoms with Gasteiger partial charge in [0.1, 0.15) is 11.4 Å². The summed E-state index contributed by atoms with van der Waals surface area (Å²) in [7, 11) is 3.09. The third-order valence-corrected chi connectivity index (χ3v) is 3.42. The molecule has 0 aromatic carbocycles. The highest BCUT2D eigenvalue weighted by Gasteiger charge is 2.15. The molecule has 0 unspecified atom stereocenters. The highest BCUT2D eigenvalue weighted by Crippen LogP contribution is 2.28. The van der Waals surface area contributed by atoms with E-state index in [2.05, 4.69) is 11.9 Å². The zero-order chi connectivity index (χ0) is 16.5. The number of unbranched alkanes of at least 4 members (excludes halogenated alkanes) is 2. The van der Waals surface area contributed by atoms with Crippen LogP contribution < -0.4 is 9.47 Å². The van der Waals surface area contributed by atoms with Gasteiger partial charge in [-0.2, -0.15) is 0 Å². The van der Waals surface area contributed by atoms with Crippen molar-refractivity contribution in [3.8, 4) is 11.6 Å². The van der Waals surface area contributed by atoms with Crippen LogP contribution in [0.4, 0.5) is 0 Å². The largest absolute Gasteiger partial charge is 0.494 e. The molecule has 0 aliphatic carbocycles. The van der Waals surface area contributed by atoms with Crippen LogP contribution in [0.3, 0.4) is 0 Å². The Labute approximate surface area is 131 Å². The maximum atomic E-state index is 11.0. The van der Waals surface area contributed by atoms with Gasteiger partial charge in [0.2, 0.25) is 11.6 Å². The number of nitro groups is 1. The fraction of sp³-hybridized carbons (Fsp3) is 0.562. The summed E-state index contributed by atoms with van der Waals surface area (Å²) < 4.78 is 10.7. The predicted molar refractivity (Wildman–Crippen MR) is 85.8 cm³/mol. The van der Waals surface area contributed by atoms with Crippen LogP contribution >= 0.6 is 0 Å². The number of methoxy groups -OCH3 is 2. The van der Waals surface area contributed by atoms with Gasteiger partial charge in [-0.1, -0.05) is 26.7 Å². The zero-order valence-electron chi connectivity index (χ0n) is 13.7. The molecule has 0 saturated carbocycles. The van der Waals surface area contributed by atoms with E-state index in [1.807, 2.05) is 6.07 Å². The van der Waals surface area contributed by atoms with E-state index in [4.69, 9.17) is 9.47 Å². The second kappa shape index (κ2) is 9.02. The van der Waals surface area contributed by atoms with E-state index >= 15 is 0 Å². The van der Waals surface area contributed by atoms with Crippen molar-refractivity contribution >= 4 is 6.08 Å². The molecule has 1 rings (SSSR count). The molecule has 22 heavy (non-hydrogen) atoms. The first-order chi connectivity index (χ1) is 10.6. The topological polar surface area (TPSA) is 74.5 Å². The van der Waals surface area contributed by atoms with Crippen molar-refractivity contribution in [3.05, 3.63) is 33.1 Å². The van der Waals surface area contributed by atoms with Crippen LogP contribution in [-0.4, -0.2) is 24.1 Å². The van der Waals surface area contributed by atoms with Gasteiger partial charge in [-0.15, -0.1) is 0 Å². The molecular weight excluding hydrogens is 284 g/mol. The van der Waals surface area contributed by atoms with Crippen molar-refractivity contribution in [3.63, 3.8) is 0 Å². The van der Waals surface area contributed by atoms with Crippen molar-refractivity contribution in [1.29, 1.82) is 0 Å². The number of ether oxygens (including phenoxy) is 2. The summed E-state index contributed by atoms with van der Waals surface area (Å²) in [5, 5.41) is 11.0. The summed E-state index contributed by atoms with van der Waals surface area (Å²) in [6.07, 6.45) is 5.92. The normalized spacial score (nSPS) is 11.4. The maximum absolute atomic E-state index is 11.0. The van der Waals surface area contributed by atoms with Gasteiger partial charge in [0.15, 0.2) is 0 Å². The molecule has 6 nitrogen and oxygen atoms in total. The molecule has 1 heterocycles. The van der Waals surface area contributed by atoms with Gasteiger partial charge in [0.05, 0.1) is 19.1 Å². The second-order valence-corrected chi connectivity index (χ2v) is 4.95. The van der Waals surface area contributed by atoms with Crippen LogP contribution in [0.2, 0.25) is 0 Å². The van der Waals surface area contributed by atoms with Crippen molar-refractivity contribution in [1.82, 2.24) is 4.98 Å². The lowest BCUT2D eigenvalue weighted by atomic mass is 10.1. The van der Waals surface area contributed by atoms with Crippen LogP contribution in [0, 0.1) is 10.1 Å². The molecule has 0 N–H and O–H groups in total. The maximum Gasteiger partial charge on any atom is 0.248 e. The Balaban J connectivity index is 3.21. The van der Waals surface area contributed by atoms with E-state index in [1.54, 1.807) is 14.0 Å². The number of rotatable bonds is 9. The molecule has 0 spiro atoms. The molecule has 0 aliphatic rings. The fourth-order valence-corrected chi connectivity index (χ4v) is 2.16. The third kappa shape index (κ3) is 4.72. The fourth-order valence-electron chi connectivity index (χ4n) is 2.16. The smallest absolute Gasteiger partial charge is 0.248 e. The lowest BCUT2D eigenvalue weighted by Crippen LogP contribution is -2.02. The lowest BCUT2D eigenvalue weighted by Gasteiger charge is -2.12. The van der Waals surface area contributed by atoms with Gasteiger partial charge in [-0.3, -0.25) is 10.1 Å². The monoisotopic (exact) mass is 308 g/mol. The lowest BCUT2D eigenvalue weighted by molar-refractivity contribution is -0.425. The van der Waals surface area contributed by atoms with E-state index in [9.17, 15) is 10.1 Å². The minimum absolute atomic E-state index is 0.0894. The molecule has 0 radical (unpaired) electrons. The second-order valence-electron chi connectivity index (χ2n) is 4.95. The summed E-state index contributed by atoms with van der Waals surface area (Å²) in [5.74, 6) is 1.03. The number of hydrogen-bond acceptors (Lipinski definition) is 5. The molecule has 0 bridgehead atoms. The number of aryl methyl sites for hydroxylation is 1. The average Bonchev–Trinajstić information content (AvgIpc) is 2.52. The Morgan fingerprint density at radius 2 is 2.05 bits per heavy atom. The average molecular weight is 308 g/mol. The molecule has 122 valence electrons. The number of nitrogens with zero attached hydrogens (tertiary/aromatic N) is 2. The van der Waals surface area contributed by atoms with Crippen LogP contribution in [0.15, 0.2) is 11.8 Å². The van der Waals surface area contributed by atoms with Crippen molar-refractivity contribution < 1.29 is 14.4 Å². The number of aromatic nitrogens is 1. The first-order valence-electron chi connectivity index (χ1n) is 7.54. The third-order valence-electron chi connectivity index (χ3n) is 3.42. The molecule has 1 aromatic rings. The number of pyridine rings is 1. The van der Waals surface area contributed by atoms with Crippen LogP contribution in [-0.2, 0) is 6.42 Å². The van der Waals surface area contributed by atoms with Gasteiger partial charge in [-0.25, -0.2) is 4.98 Å². The summed E-state index contributed by atoms with van der Waals surface area (Å²) in [4.78, 5) is 15.0. The molecule has 0 saturated heterocycles. The highest BCUT2D eigenvalue weighted by molar-refractivity contribution is 5.57. The zero-order valence-corrected chi connectivity index (χ0v) is 13.7. The van der Waals surface area contributed by atoms with Gasteiger partial charge in [0.25, 0.3) is 0 Å². The Hall–Kier alpha value is -2.11. The SMILES string of the molecule is CCCCCc1cc(OC)c(/C=C(\CC)[N+](=O)[O-])nc1OC. The van der Waals surface area contributed by atoms with Crippen LogP contribution in [0.5, 0.6) is 11.6 Å². The van der Waals surface area contributed by atoms with E-state index in [0.717, 1.165) is 31.2 Å². The molecule has 6 heteroatoms. The summed E-state index contributed by atoms with van der Waals surface area (Å²) in [6, 6.07) is 1.86. The molecule has 1 aromatic heterocycles. The standard InChI is InChI=1S/C16H24N2O4/c1-5-7-8-9-12-10-15(21-3)14(17-16(12)22-4)11-13(6-2)18(19)20/h10-11H,5-9H2,1-4H3/b13-11+. The van der Waals surface area contributed by atoms with E-state index in [1.165, 1.54) is 13.2 Å². The first-order valence-corrected chi connectivity index (χ1v) is 7.54. The van der Waals surface area contributed by atoms with Crippen LogP contribution in [0.25, 0.3) is 6.08 Å². The molecule has 0 aliphatic heterocycles.